The Balaban J connectivity index is 1.64. The summed E-state index contributed by atoms with van der Waals surface area (Å²) < 4.78 is 5.26. The van der Waals surface area contributed by atoms with Crippen LogP contribution in [0.2, 0.25) is 0 Å². The highest BCUT2D eigenvalue weighted by Crippen LogP contribution is 2.31. The molecule has 0 radical (unpaired) electrons. The van der Waals surface area contributed by atoms with Crippen molar-refractivity contribution in [2.45, 2.75) is 25.2 Å². The van der Waals surface area contributed by atoms with Gasteiger partial charge in [0.1, 0.15) is 0 Å². The fourth-order valence-corrected chi connectivity index (χ4v) is 2.91. The van der Waals surface area contributed by atoms with E-state index in [-0.39, 0.29) is 6.42 Å². The number of rotatable bonds is 5. The van der Waals surface area contributed by atoms with Crippen LogP contribution in [-0.4, -0.2) is 51.4 Å². The second-order valence-electron chi connectivity index (χ2n) is 5.54. The molecule has 0 spiro atoms. The molecule has 0 aliphatic carbocycles. The lowest BCUT2D eigenvalue weighted by Crippen LogP contribution is -2.34. The number of carbonyl (C=O) groups is 1. The molecule has 1 aliphatic heterocycles. The Labute approximate surface area is 133 Å². The molecule has 0 saturated carbocycles. The van der Waals surface area contributed by atoms with E-state index in [1.807, 2.05) is 6.07 Å². The molecule has 0 amide bonds. The smallest absolute Gasteiger partial charge is 0.309 e. The zero-order chi connectivity index (χ0) is 16.2. The Morgan fingerprint density at radius 2 is 2.13 bits per heavy atom. The first kappa shape index (κ1) is 15.3. The number of carboxylic acid groups (broad SMARTS) is 1. The monoisotopic (exact) mass is 317 g/mol. The Morgan fingerprint density at radius 1 is 1.39 bits per heavy atom. The third kappa shape index (κ3) is 3.41. The number of aliphatic carboxylic acids is 1. The van der Waals surface area contributed by atoms with E-state index in [0.29, 0.717) is 17.5 Å². The quantitative estimate of drug-likeness (QED) is 0.854. The number of nitrogens with one attached hydrogen (secondary N) is 1. The van der Waals surface area contributed by atoms with Crippen molar-refractivity contribution in [3.8, 4) is 5.88 Å². The largest absolute Gasteiger partial charge is 0.481 e. The first-order chi connectivity index (χ1) is 11.2. The van der Waals surface area contributed by atoms with Crippen LogP contribution >= 0.6 is 0 Å². The van der Waals surface area contributed by atoms with E-state index in [2.05, 4.69) is 25.1 Å². The van der Waals surface area contributed by atoms with Crippen LogP contribution in [0.15, 0.2) is 18.5 Å². The standard InChI is InChI=1S/C15H19N5O3/c1-23-15-14(16-4-5-17-15)20-6-2-10(3-7-20)12-8-11(18-19-12)9-13(21)22/h4-5,8,10H,2-3,6-7,9H2,1H3,(H,18,19)(H,21,22). The summed E-state index contributed by atoms with van der Waals surface area (Å²) in [6.45, 7) is 1.67. The van der Waals surface area contributed by atoms with Crippen molar-refractivity contribution in [2.75, 3.05) is 25.1 Å². The lowest BCUT2D eigenvalue weighted by atomic mass is 9.93. The molecule has 3 heterocycles. The molecular weight excluding hydrogens is 298 g/mol. The van der Waals surface area contributed by atoms with Gasteiger partial charge >= 0.3 is 5.97 Å². The molecule has 3 rings (SSSR count). The van der Waals surface area contributed by atoms with Gasteiger partial charge in [0.25, 0.3) is 5.88 Å². The number of piperidine rings is 1. The maximum atomic E-state index is 10.7. The number of H-pyrrole nitrogens is 1. The van der Waals surface area contributed by atoms with Gasteiger partial charge in [-0.25, -0.2) is 9.97 Å². The zero-order valence-corrected chi connectivity index (χ0v) is 12.9. The van der Waals surface area contributed by atoms with Gasteiger partial charge in [-0.3, -0.25) is 9.89 Å². The first-order valence-electron chi connectivity index (χ1n) is 7.53. The first-order valence-corrected chi connectivity index (χ1v) is 7.53. The minimum absolute atomic E-state index is 0.0252. The normalized spacial score (nSPS) is 15.6. The van der Waals surface area contributed by atoms with Gasteiger partial charge in [0.05, 0.1) is 19.2 Å². The molecule has 0 unspecified atom stereocenters. The molecule has 1 fully saturated rings. The molecule has 23 heavy (non-hydrogen) atoms. The Hall–Kier alpha value is -2.64. The van der Waals surface area contributed by atoms with Crippen LogP contribution in [0.25, 0.3) is 0 Å². The van der Waals surface area contributed by atoms with Crippen molar-refractivity contribution in [3.63, 3.8) is 0 Å². The highest BCUT2D eigenvalue weighted by molar-refractivity contribution is 5.69. The van der Waals surface area contributed by atoms with Crippen molar-refractivity contribution in [1.82, 2.24) is 20.2 Å². The van der Waals surface area contributed by atoms with Gasteiger partial charge in [-0.15, -0.1) is 0 Å². The number of anilines is 1. The van der Waals surface area contributed by atoms with Crippen molar-refractivity contribution >= 4 is 11.8 Å². The molecule has 8 heteroatoms. The molecule has 2 N–H and O–H groups in total. The number of carboxylic acids is 1. The summed E-state index contributed by atoms with van der Waals surface area (Å²) in [4.78, 5) is 21.4. The third-order valence-corrected chi connectivity index (χ3v) is 4.05. The summed E-state index contributed by atoms with van der Waals surface area (Å²) in [6, 6.07) is 1.86. The molecule has 1 aliphatic rings. The van der Waals surface area contributed by atoms with Gasteiger partial charge in [-0.2, -0.15) is 5.10 Å². The van der Waals surface area contributed by atoms with E-state index in [1.165, 1.54) is 0 Å². The van der Waals surface area contributed by atoms with Gasteiger partial charge in [0, 0.05) is 37.1 Å². The highest BCUT2D eigenvalue weighted by Gasteiger charge is 2.25. The van der Waals surface area contributed by atoms with Crippen molar-refractivity contribution < 1.29 is 14.6 Å². The van der Waals surface area contributed by atoms with Crippen LogP contribution < -0.4 is 9.64 Å². The van der Waals surface area contributed by atoms with E-state index >= 15 is 0 Å². The summed E-state index contributed by atoms with van der Waals surface area (Å²) in [5, 5.41) is 15.9. The summed E-state index contributed by atoms with van der Waals surface area (Å²) in [5.41, 5.74) is 1.58. The highest BCUT2D eigenvalue weighted by atomic mass is 16.5. The lowest BCUT2D eigenvalue weighted by Gasteiger charge is -2.32. The maximum Gasteiger partial charge on any atom is 0.309 e. The van der Waals surface area contributed by atoms with Gasteiger partial charge in [-0.05, 0) is 18.9 Å². The topological polar surface area (TPSA) is 104 Å². The number of hydrogen-bond donors (Lipinski definition) is 2. The number of ether oxygens (including phenoxy) is 1. The van der Waals surface area contributed by atoms with E-state index in [4.69, 9.17) is 9.84 Å². The van der Waals surface area contributed by atoms with Crippen molar-refractivity contribution in [1.29, 1.82) is 0 Å². The number of methoxy groups -OCH3 is 1. The molecule has 0 atom stereocenters. The van der Waals surface area contributed by atoms with E-state index in [9.17, 15) is 4.79 Å². The van der Waals surface area contributed by atoms with Crippen LogP contribution in [0.4, 0.5) is 5.82 Å². The van der Waals surface area contributed by atoms with Crippen LogP contribution in [0.5, 0.6) is 5.88 Å². The minimum Gasteiger partial charge on any atom is -0.481 e. The Bertz CT molecular complexity index is 679. The molecular formula is C15H19N5O3. The second-order valence-corrected chi connectivity index (χ2v) is 5.54. The van der Waals surface area contributed by atoms with Gasteiger partial charge in [-0.1, -0.05) is 0 Å². The average Bonchev–Trinajstić information content (AvgIpc) is 3.02. The SMILES string of the molecule is COc1nccnc1N1CCC(c2cc(CC(=O)O)[nH]n2)CC1. The van der Waals surface area contributed by atoms with Crippen LogP contribution in [-0.2, 0) is 11.2 Å². The number of aromatic amines is 1. The lowest BCUT2D eigenvalue weighted by molar-refractivity contribution is -0.136. The van der Waals surface area contributed by atoms with E-state index < -0.39 is 5.97 Å². The van der Waals surface area contributed by atoms with Crippen molar-refractivity contribution in [3.05, 3.63) is 29.8 Å². The summed E-state index contributed by atoms with van der Waals surface area (Å²) >= 11 is 0. The summed E-state index contributed by atoms with van der Waals surface area (Å²) in [7, 11) is 1.59. The van der Waals surface area contributed by atoms with E-state index in [1.54, 1.807) is 19.5 Å². The predicted molar refractivity (Wildman–Crippen MR) is 82.7 cm³/mol. The number of nitrogens with zero attached hydrogens (tertiary/aromatic N) is 4. The molecule has 122 valence electrons. The van der Waals surface area contributed by atoms with Crippen LogP contribution in [0.1, 0.15) is 30.1 Å². The van der Waals surface area contributed by atoms with Crippen LogP contribution in [0, 0.1) is 0 Å². The van der Waals surface area contributed by atoms with Crippen LogP contribution in [0.3, 0.4) is 0 Å². The minimum atomic E-state index is -0.857. The predicted octanol–water partition coefficient (Wildman–Crippen LogP) is 1.22. The third-order valence-electron chi connectivity index (χ3n) is 4.05. The van der Waals surface area contributed by atoms with Gasteiger partial charge in [0.15, 0.2) is 5.82 Å². The summed E-state index contributed by atoms with van der Waals surface area (Å²) in [5.74, 6) is 0.772. The van der Waals surface area contributed by atoms with Gasteiger partial charge in [0.2, 0.25) is 0 Å². The fourth-order valence-electron chi connectivity index (χ4n) is 2.91. The molecule has 2 aromatic heterocycles. The van der Waals surface area contributed by atoms with E-state index in [0.717, 1.165) is 37.4 Å². The molecule has 1 saturated heterocycles. The maximum absolute atomic E-state index is 10.7. The van der Waals surface area contributed by atoms with Crippen molar-refractivity contribution in [2.24, 2.45) is 0 Å². The molecule has 0 bridgehead atoms. The zero-order valence-electron chi connectivity index (χ0n) is 12.9. The molecule has 2 aromatic rings. The Kier molecular flexibility index (Phi) is 4.40. The average molecular weight is 317 g/mol. The van der Waals surface area contributed by atoms with Gasteiger partial charge < -0.3 is 14.7 Å². The summed E-state index contributed by atoms with van der Waals surface area (Å²) in [6.07, 6.45) is 5.11. The number of aromatic nitrogens is 4. The second kappa shape index (κ2) is 6.64. The molecule has 8 nitrogen and oxygen atoms in total. The molecule has 0 aromatic carbocycles. The fraction of sp³-hybridized carbons (Fsp3) is 0.467. The Morgan fingerprint density at radius 3 is 2.83 bits per heavy atom. The number of hydrogen-bond acceptors (Lipinski definition) is 6.